The number of rotatable bonds is 1. The molecule has 2 aromatic rings. The molecule has 0 radical (unpaired) electrons. The van der Waals surface area contributed by atoms with E-state index in [1.807, 2.05) is 0 Å². The third-order valence-corrected chi connectivity index (χ3v) is 2.90. The Morgan fingerprint density at radius 1 is 0.556 bits per heavy atom. The molecule has 0 aliphatic heterocycles. The molecule has 0 aliphatic carbocycles. The third-order valence-electron chi connectivity index (χ3n) is 2.90. The van der Waals surface area contributed by atoms with Gasteiger partial charge in [0.05, 0.1) is 0 Å². The predicted molar refractivity (Wildman–Crippen MR) is 61.2 cm³/mol. The van der Waals surface area contributed by atoms with Crippen LogP contribution in [0.1, 0.15) is 11.1 Å². The van der Waals surface area contributed by atoms with Gasteiger partial charge >= 0.3 is 0 Å². The number of halogens is 4. The van der Waals surface area contributed by atoms with Crippen molar-refractivity contribution >= 4 is 0 Å². The highest BCUT2D eigenvalue weighted by Crippen LogP contribution is 2.27. The van der Waals surface area contributed by atoms with Crippen molar-refractivity contribution in [2.24, 2.45) is 0 Å². The fourth-order valence-electron chi connectivity index (χ4n) is 1.62. The number of benzene rings is 2. The summed E-state index contributed by atoms with van der Waals surface area (Å²) >= 11 is 0. The van der Waals surface area contributed by atoms with Crippen LogP contribution in [0, 0.1) is 37.1 Å². The lowest BCUT2D eigenvalue weighted by molar-refractivity contribution is 0.565. The van der Waals surface area contributed by atoms with Gasteiger partial charge in [-0.1, -0.05) is 0 Å². The normalized spacial score (nSPS) is 10.8. The van der Waals surface area contributed by atoms with Crippen LogP contribution in [0.2, 0.25) is 0 Å². The molecule has 0 heterocycles. The second kappa shape index (κ2) is 4.44. The van der Waals surface area contributed by atoms with Crippen molar-refractivity contribution in [3.8, 4) is 11.1 Å². The Hall–Kier alpha value is -1.84. The van der Waals surface area contributed by atoms with E-state index in [0.29, 0.717) is 0 Å². The van der Waals surface area contributed by atoms with Crippen LogP contribution >= 0.6 is 0 Å². The molecule has 2 rings (SSSR count). The lowest BCUT2D eigenvalue weighted by Crippen LogP contribution is -1.94. The molecule has 4 heteroatoms. The Morgan fingerprint density at radius 2 is 0.778 bits per heavy atom. The van der Waals surface area contributed by atoms with Gasteiger partial charge in [0.25, 0.3) is 0 Å². The maximum Gasteiger partial charge on any atom is 0.129 e. The minimum atomic E-state index is -0.744. The molecule has 94 valence electrons. The highest BCUT2D eigenvalue weighted by atomic mass is 19.1. The van der Waals surface area contributed by atoms with Gasteiger partial charge in [-0.25, -0.2) is 17.6 Å². The van der Waals surface area contributed by atoms with Gasteiger partial charge in [0.2, 0.25) is 0 Å². The summed E-state index contributed by atoms with van der Waals surface area (Å²) in [5.74, 6) is -2.98. The van der Waals surface area contributed by atoms with Crippen LogP contribution in [-0.4, -0.2) is 0 Å². The monoisotopic (exact) mass is 254 g/mol. The van der Waals surface area contributed by atoms with Crippen LogP contribution in [0.25, 0.3) is 11.1 Å². The van der Waals surface area contributed by atoms with E-state index in [4.69, 9.17) is 0 Å². The maximum absolute atomic E-state index is 13.4. The Labute approximate surface area is 102 Å². The molecule has 0 amide bonds. The van der Waals surface area contributed by atoms with Gasteiger partial charge in [0.1, 0.15) is 23.3 Å². The molecule has 18 heavy (non-hydrogen) atoms. The summed E-state index contributed by atoms with van der Waals surface area (Å²) in [4.78, 5) is 0. The van der Waals surface area contributed by atoms with E-state index in [9.17, 15) is 17.6 Å². The molecule has 0 atom stereocenters. The van der Waals surface area contributed by atoms with Crippen molar-refractivity contribution in [1.82, 2.24) is 0 Å². The first kappa shape index (κ1) is 12.6. The van der Waals surface area contributed by atoms with Gasteiger partial charge < -0.3 is 0 Å². The summed E-state index contributed by atoms with van der Waals surface area (Å²) in [5.41, 5.74) is -0.0274. The van der Waals surface area contributed by atoms with Gasteiger partial charge in [-0.15, -0.1) is 0 Å². The van der Waals surface area contributed by atoms with Gasteiger partial charge in [-0.3, -0.25) is 0 Å². The summed E-state index contributed by atoms with van der Waals surface area (Å²) in [7, 11) is 0. The SMILES string of the molecule is Cc1c(F)cc(-c2cc(F)c(C)c(F)c2)cc1F. The smallest absolute Gasteiger partial charge is 0.129 e. The molecule has 0 N–H and O–H groups in total. The molecule has 0 aliphatic rings. The lowest BCUT2D eigenvalue weighted by atomic mass is 10.0. The molecule has 0 saturated carbocycles. The van der Waals surface area contributed by atoms with E-state index in [1.165, 1.54) is 13.8 Å². The maximum atomic E-state index is 13.4. The Kier molecular flexibility index (Phi) is 3.11. The summed E-state index contributed by atoms with van der Waals surface area (Å²) < 4.78 is 53.5. The van der Waals surface area contributed by atoms with Gasteiger partial charge in [-0.05, 0) is 49.2 Å². The van der Waals surface area contributed by atoms with Crippen molar-refractivity contribution in [3.63, 3.8) is 0 Å². The Bertz CT molecular complexity index is 516. The lowest BCUT2D eigenvalue weighted by Gasteiger charge is -2.07. The van der Waals surface area contributed by atoms with E-state index < -0.39 is 23.3 Å². The van der Waals surface area contributed by atoms with Crippen molar-refractivity contribution < 1.29 is 17.6 Å². The van der Waals surface area contributed by atoms with Crippen molar-refractivity contribution in [2.45, 2.75) is 13.8 Å². The van der Waals surface area contributed by atoms with Gasteiger partial charge in [-0.2, -0.15) is 0 Å². The molecule has 0 nitrogen and oxygen atoms in total. The van der Waals surface area contributed by atoms with E-state index in [2.05, 4.69) is 0 Å². The third kappa shape index (κ3) is 2.10. The zero-order chi connectivity index (χ0) is 13.4. The molecule has 0 spiro atoms. The molecular formula is C14H10F4. The highest BCUT2D eigenvalue weighted by molar-refractivity contribution is 5.64. The summed E-state index contributed by atoms with van der Waals surface area (Å²) in [6.07, 6.45) is 0. The number of hydrogen-bond acceptors (Lipinski definition) is 0. The zero-order valence-electron chi connectivity index (χ0n) is 9.82. The first-order chi connectivity index (χ1) is 8.40. The fraction of sp³-hybridized carbons (Fsp3) is 0.143. The second-order valence-electron chi connectivity index (χ2n) is 4.13. The minimum absolute atomic E-state index is 0.105. The molecule has 0 fully saturated rings. The number of hydrogen-bond donors (Lipinski definition) is 0. The first-order valence-corrected chi connectivity index (χ1v) is 5.32. The average Bonchev–Trinajstić information content (AvgIpc) is 2.31. The Balaban J connectivity index is 2.63. The standard InChI is InChI=1S/C14H10F4/c1-7-11(15)3-9(4-12(7)16)10-5-13(17)8(2)14(18)6-10/h3-6H,1-2H3. The molecule has 0 saturated heterocycles. The van der Waals surface area contributed by atoms with Crippen LogP contribution in [-0.2, 0) is 0 Å². The van der Waals surface area contributed by atoms with Crippen molar-refractivity contribution in [1.29, 1.82) is 0 Å². The van der Waals surface area contributed by atoms with Crippen LogP contribution in [0.4, 0.5) is 17.6 Å². The quantitative estimate of drug-likeness (QED) is 0.656. The zero-order valence-corrected chi connectivity index (χ0v) is 9.82. The van der Waals surface area contributed by atoms with E-state index in [0.717, 1.165) is 24.3 Å². The van der Waals surface area contributed by atoms with Crippen LogP contribution < -0.4 is 0 Å². The van der Waals surface area contributed by atoms with Gasteiger partial charge in [0.15, 0.2) is 0 Å². The van der Waals surface area contributed by atoms with E-state index >= 15 is 0 Å². The minimum Gasteiger partial charge on any atom is -0.207 e. The molecule has 0 aromatic heterocycles. The van der Waals surface area contributed by atoms with Crippen LogP contribution in [0.15, 0.2) is 24.3 Å². The highest BCUT2D eigenvalue weighted by Gasteiger charge is 2.12. The van der Waals surface area contributed by atoms with E-state index in [1.54, 1.807) is 0 Å². The van der Waals surface area contributed by atoms with E-state index in [-0.39, 0.29) is 22.3 Å². The summed E-state index contributed by atoms with van der Waals surface area (Å²) in [6.45, 7) is 2.59. The fourth-order valence-corrected chi connectivity index (χ4v) is 1.62. The van der Waals surface area contributed by atoms with Crippen LogP contribution in [0.5, 0.6) is 0 Å². The van der Waals surface area contributed by atoms with Crippen molar-refractivity contribution in [2.75, 3.05) is 0 Å². The average molecular weight is 254 g/mol. The largest absolute Gasteiger partial charge is 0.207 e. The topological polar surface area (TPSA) is 0 Å². The second-order valence-corrected chi connectivity index (χ2v) is 4.13. The predicted octanol–water partition coefficient (Wildman–Crippen LogP) is 4.53. The molecular weight excluding hydrogens is 244 g/mol. The Morgan fingerprint density at radius 3 is 1.00 bits per heavy atom. The van der Waals surface area contributed by atoms with Crippen molar-refractivity contribution in [3.05, 3.63) is 58.7 Å². The summed E-state index contributed by atoms with van der Waals surface area (Å²) in [6, 6.07) is 4.23. The summed E-state index contributed by atoms with van der Waals surface area (Å²) in [5, 5.41) is 0. The van der Waals surface area contributed by atoms with Gasteiger partial charge in [0, 0.05) is 11.1 Å². The first-order valence-electron chi connectivity index (χ1n) is 5.32. The van der Waals surface area contributed by atoms with Crippen LogP contribution in [0.3, 0.4) is 0 Å². The molecule has 0 unspecified atom stereocenters. The molecule has 2 aromatic carbocycles. The molecule has 0 bridgehead atoms.